The summed E-state index contributed by atoms with van der Waals surface area (Å²) in [5, 5.41) is 5.63. The number of hydrogen-bond acceptors (Lipinski definition) is 3. The molecule has 2 aromatic rings. The smallest absolute Gasteiger partial charge is 0.319 e. The van der Waals surface area contributed by atoms with Gasteiger partial charge in [0.15, 0.2) is 0 Å². The molecule has 5 nitrogen and oxygen atoms in total. The summed E-state index contributed by atoms with van der Waals surface area (Å²) in [5.74, 6) is 0.624. The van der Waals surface area contributed by atoms with Crippen molar-refractivity contribution in [1.82, 2.24) is 10.3 Å². The van der Waals surface area contributed by atoms with E-state index in [1.807, 2.05) is 31.2 Å². The number of methoxy groups -OCH3 is 1. The SMILES string of the molecule is COc1ccccc1NC(=O)N[C@@H](C)c1ccncc1. The lowest BCUT2D eigenvalue weighted by Gasteiger charge is -2.16. The summed E-state index contributed by atoms with van der Waals surface area (Å²) in [6.45, 7) is 1.91. The van der Waals surface area contributed by atoms with Crippen LogP contribution in [0.1, 0.15) is 18.5 Å². The molecular weight excluding hydrogens is 254 g/mol. The molecule has 0 fully saturated rings. The van der Waals surface area contributed by atoms with Gasteiger partial charge in [-0.1, -0.05) is 12.1 Å². The molecule has 0 aliphatic rings. The number of nitrogens with zero attached hydrogens (tertiary/aromatic N) is 1. The predicted octanol–water partition coefficient (Wildman–Crippen LogP) is 2.97. The molecular formula is C15H17N3O2. The molecule has 0 radical (unpaired) electrons. The van der Waals surface area contributed by atoms with Gasteiger partial charge in [0, 0.05) is 12.4 Å². The average molecular weight is 271 g/mol. The first kappa shape index (κ1) is 13.9. The van der Waals surface area contributed by atoms with Gasteiger partial charge in [0.2, 0.25) is 0 Å². The lowest BCUT2D eigenvalue weighted by atomic mass is 10.1. The Hall–Kier alpha value is -2.56. The average Bonchev–Trinajstić information content (AvgIpc) is 2.48. The Morgan fingerprint density at radius 3 is 2.60 bits per heavy atom. The molecule has 20 heavy (non-hydrogen) atoms. The normalized spacial score (nSPS) is 11.5. The summed E-state index contributed by atoms with van der Waals surface area (Å²) >= 11 is 0. The highest BCUT2D eigenvalue weighted by atomic mass is 16.5. The third-order valence-electron chi connectivity index (χ3n) is 2.91. The lowest BCUT2D eigenvalue weighted by Crippen LogP contribution is -2.31. The van der Waals surface area contributed by atoms with Gasteiger partial charge < -0.3 is 15.4 Å². The first-order valence-electron chi connectivity index (χ1n) is 6.31. The fourth-order valence-corrected chi connectivity index (χ4v) is 1.84. The zero-order valence-corrected chi connectivity index (χ0v) is 11.5. The number of carbonyl (C=O) groups excluding carboxylic acids is 1. The number of para-hydroxylation sites is 2. The van der Waals surface area contributed by atoms with E-state index in [2.05, 4.69) is 15.6 Å². The molecule has 0 unspecified atom stereocenters. The Kier molecular flexibility index (Phi) is 4.55. The van der Waals surface area contributed by atoms with E-state index >= 15 is 0 Å². The van der Waals surface area contributed by atoms with Crippen LogP contribution in [0.3, 0.4) is 0 Å². The van der Waals surface area contributed by atoms with Crippen molar-refractivity contribution in [3.63, 3.8) is 0 Å². The van der Waals surface area contributed by atoms with E-state index in [9.17, 15) is 4.79 Å². The van der Waals surface area contributed by atoms with Crippen LogP contribution in [0, 0.1) is 0 Å². The van der Waals surface area contributed by atoms with Crippen molar-refractivity contribution < 1.29 is 9.53 Å². The maximum absolute atomic E-state index is 12.0. The van der Waals surface area contributed by atoms with Crippen LogP contribution >= 0.6 is 0 Å². The molecule has 1 heterocycles. The van der Waals surface area contributed by atoms with Crippen molar-refractivity contribution in [3.05, 3.63) is 54.4 Å². The van der Waals surface area contributed by atoms with E-state index in [0.29, 0.717) is 11.4 Å². The van der Waals surface area contributed by atoms with Crippen molar-refractivity contribution in [3.8, 4) is 5.75 Å². The number of rotatable bonds is 4. The van der Waals surface area contributed by atoms with Crippen LogP contribution in [0.15, 0.2) is 48.8 Å². The molecule has 0 spiro atoms. The van der Waals surface area contributed by atoms with Crippen molar-refractivity contribution in [2.45, 2.75) is 13.0 Å². The molecule has 1 aromatic carbocycles. The van der Waals surface area contributed by atoms with Gasteiger partial charge in [-0.05, 0) is 36.8 Å². The molecule has 2 N–H and O–H groups in total. The third-order valence-corrected chi connectivity index (χ3v) is 2.91. The van der Waals surface area contributed by atoms with E-state index in [4.69, 9.17) is 4.74 Å². The molecule has 2 amide bonds. The molecule has 0 bridgehead atoms. The van der Waals surface area contributed by atoms with Gasteiger partial charge in [-0.2, -0.15) is 0 Å². The van der Waals surface area contributed by atoms with E-state index in [1.165, 1.54) is 0 Å². The maximum atomic E-state index is 12.0. The predicted molar refractivity (Wildman–Crippen MR) is 77.8 cm³/mol. The van der Waals surface area contributed by atoms with Crippen molar-refractivity contribution in [2.24, 2.45) is 0 Å². The lowest BCUT2D eigenvalue weighted by molar-refractivity contribution is 0.249. The fourth-order valence-electron chi connectivity index (χ4n) is 1.84. The standard InChI is InChI=1S/C15H17N3O2/c1-11(12-7-9-16-10-8-12)17-15(19)18-13-5-3-4-6-14(13)20-2/h3-11H,1-2H3,(H2,17,18,19)/t11-/m0/s1. The number of hydrogen-bond donors (Lipinski definition) is 2. The summed E-state index contributed by atoms with van der Waals surface area (Å²) in [5.41, 5.74) is 1.63. The minimum atomic E-state index is -0.279. The van der Waals surface area contributed by atoms with Crippen LogP contribution in [-0.4, -0.2) is 18.1 Å². The van der Waals surface area contributed by atoms with Crippen LogP contribution in [0.4, 0.5) is 10.5 Å². The Bertz CT molecular complexity index is 572. The second kappa shape index (κ2) is 6.56. The fraction of sp³-hybridized carbons (Fsp3) is 0.200. The van der Waals surface area contributed by atoms with Crippen LogP contribution in [-0.2, 0) is 0 Å². The molecule has 0 saturated carbocycles. The van der Waals surface area contributed by atoms with Gasteiger partial charge in [0.05, 0.1) is 18.8 Å². The maximum Gasteiger partial charge on any atom is 0.319 e. The number of aromatic nitrogens is 1. The molecule has 1 atom stereocenters. The van der Waals surface area contributed by atoms with Gasteiger partial charge >= 0.3 is 6.03 Å². The highest BCUT2D eigenvalue weighted by Crippen LogP contribution is 2.23. The Labute approximate surface area is 118 Å². The molecule has 5 heteroatoms. The number of urea groups is 1. The summed E-state index contributed by atoms with van der Waals surface area (Å²) in [7, 11) is 1.57. The Morgan fingerprint density at radius 1 is 1.20 bits per heavy atom. The first-order valence-corrected chi connectivity index (χ1v) is 6.31. The number of carbonyl (C=O) groups is 1. The molecule has 104 valence electrons. The molecule has 0 aliphatic heterocycles. The van der Waals surface area contributed by atoms with E-state index in [1.54, 1.807) is 31.6 Å². The highest BCUT2D eigenvalue weighted by molar-refractivity contribution is 5.91. The van der Waals surface area contributed by atoms with Gasteiger partial charge in [-0.25, -0.2) is 4.79 Å². The Morgan fingerprint density at radius 2 is 1.90 bits per heavy atom. The molecule has 0 saturated heterocycles. The van der Waals surface area contributed by atoms with E-state index < -0.39 is 0 Å². The highest BCUT2D eigenvalue weighted by Gasteiger charge is 2.11. The van der Waals surface area contributed by atoms with Gasteiger partial charge in [0.25, 0.3) is 0 Å². The molecule has 2 rings (SSSR count). The summed E-state index contributed by atoms with van der Waals surface area (Å²) in [6, 6.07) is 10.6. The minimum Gasteiger partial charge on any atom is -0.495 e. The number of ether oxygens (including phenoxy) is 1. The van der Waals surface area contributed by atoms with Crippen molar-refractivity contribution in [2.75, 3.05) is 12.4 Å². The first-order chi connectivity index (χ1) is 9.70. The van der Waals surface area contributed by atoms with Crippen LogP contribution in [0.2, 0.25) is 0 Å². The second-order valence-corrected chi connectivity index (χ2v) is 4.30. The van der Waals surface area contributed by atoms with Crippen molar-refractivity contribution in [1.29, 1.82) is 0 Å². The number of nitrogens with one attached hydrogen (secondary N) is 2. The Balaban J connectivity index is 1.99. The van der Waals surface area contributed by atoms with E-state index in [-0.39, 0.29) is 12.1 Å². The monoisotopic (exact) mass is 271 g/mol. The minimum absolute atomic E-state index is 0.104. The third kappa shape index (κ3) is 3.47. The number of anilines is 1. The quantitative estimate of drug-likeness (QED) is 0.898. The molecule has 0 aliphatic carbocycles. The van der Waals surface area contributed by atoms with Crippen molar-refractivity contribution >= 4 is 11.7 Å². The van der Waals surface area contributed by atoms with Gasteiger partial charge in [-0.3, -0.25) is 4.98 Å². The van der Waals surface area contributed by atoms with Gasteiger partial charge in [-0.15, -0.1) is 0 Å². The topological polar surface area (TPSA) is 63.2 Å². The van der Waals surface area contributed by atoms with Crippen LogP contribution < -0.4 is 15.4 Å². The largest absolute Gasteiger partial charge is 0.495 e. The number of benzene rings is 1. The van der Waals surface area contributed by atoms with Crippen LogP contribution in [0.5, 0.6) is 5.75 Å². The second-order valence-electron chi connectivity index (χ2n) is 4.30. The van der Waals surface area contributed by atoms with Crippen LogP contribution in [0.25, 0.3) is 0 Å². The number of amides is 2. The number of pyridine rings is 1. The summed E-state index contributed by atoms with van der Waals surface area (Å²) < 4.78 is 5.19. The van der Waals surface area contributed by atoms with Gasteiger partial charge in [0.1, 0.15) is 5.75 Å². The molecule has 1 aromatic heterocycles. The summed E-state index contributed by atoms with van der Waals surface area (Å²) in [4.78, 5) is 15.9. The zero-order chi connectivity index (χ0) is 14.4. The zero-order valence-electron chi connectivity index (χ0n) is 11.5. The summed E-state index contributed by atoms with van der Waals surface area (Å²) in [6.07, 6.45) is 3.40. The van der Waals surface area contributed by atoms with E-state index in [0.717, 1.165) is 5.56 Å².